The van der Waals surface area contributed by atoms with Crippen molar-refractivity contribution in [3.8, 4) is 5.75 Å². The fourth-order valence-electron chi connectivity index (χ4n) is 2.55. The zero-order valence-electron chi connectivity index (χ0n) is 14.2. The lowest BCUT2D eigenvalue weighted by Gasteiger charge is -2.25. The summed E-state index contributed by atoms with van der Waals surface area (Å²) in [5.41, 5.74) is 0.268. The van der Waals surface area contributed by atoms with E-state index in [-0.39, 0.29) is 22.9 Å². The van der Waals surface area contributed by atoms with Crippen LogP contribution in [0.1, 0.15) is 23.1 Å². The number of benzene rings is 1. The number of rotatable bonds is 5. The highest BCUT2D eigenvalue weighted by Crippen LogP contribution is 2.32. The van der Waals surface area contributed by atoms with E-state index in [1.165, 1.54) is 29.5 Å². The van der Waals surface area contributed by atoms with Crippen molar-refractivity contribution in [3.63, 3.8) is 0 Å². The summed E-state index contributed by atoms with van der Waals surface area (Å²) in [7, 11) is -4.04. The van der Waals surface area contributed by atoms with Crippen molar-refractivity contribution >= 4 is 38.9 Å². The average Bonchev–Trinajstić information content (AvgIpc) is 2.97. The first-order chi connectivity index (χ1) is 12.3. The van der Waals surface area contributed by atoms with E-state index in [0.717, 1.165) is 9.75 Å². The second kappa shape index (κ2) is 7.08. The van der Waals surface area contributed by atoms with Gasteiger partial charge in [-0.15, -0.1) is 11.3 Å². The van der Waals surface area contributed by atoms with Crippen LogP contribution in [0.2, 0.25) is 0 Å². The summed E-state index contributed by atoms with van der Waals surface area (Å²) in [5, 5.41) is 2.63. The number of nitrogens with one attached hydrogen (secondary N) is 2. The summed E-state index contributed by atoms with van der Waals surface area (Å²) < 4.78 is 32.5. The minimum absolute atomic E-state index is 0.0132. The van der Waals surface area contributed by atoms with E-state index >= 15 is 0 Å². The van der Waals surface area contributed by atoms with Crippen LogP contribution in [-0.2, 0) is 26.0 Å². The minimum atomic E-state index is -4.04. The van der Waals surface area contributed by atoms with E-state index in [0.29, 0.717) is 12.2 Å². The van der Waals surface area contributed by atoms with Gasteiger partial charge >= 0.3 is 0 Å². The van der Waals surface area contributed by atoms with E-state index in [2.05, 4.69) is 10.0 Å². The Hall–Kier alpha value is -2.39. The lowest BCUT2D eigenvalue weighted by Crippen LogP contribution is -2.36. The topological polar surface area (TPSA) is 102 Å². The molecule has 1 aromatic heterocycles. The van der Waals surface area contributed by atoms with E-state index in [4.69, 9.17) is 4.74 Å². The second-order valence-electron chi connectivity index (χ2n) is 5.88. The summed E-state index contributed by atoms with van der Waals surface area (Å²) in [4.78, 5) is 25.6. The first kappa shape index (κ1) is 18.4. The average molecular weight is 394 g/mol. The maximum Gasteiger partial charge on any atom is 0.265 e. The van der Waals surface area contributed by atoms with Crippen LogP contribution in [0.25, 0.3) is 0 Å². The van der Waals surface area contributed by atoms with Gasteiger partial charge in [0.15, 0.2) is 6.10 Å². The zero-order valence-corrected chi connectivity index (χ0v) is 15.9. The molecule has 2 heterocycles. The van der Waals surface area contributed by atoms with Gasteiger partial charge < -0.3 is 10.1 Å². The molecular weight excluding hydrogens is 376 g/mol. The van der Waals surface area contributed by atoms with Crippen molar-refractivity contribution in [2.75, 3.05) is 5.32 Å². The molecule has 0 radical (unpaired) electrons. The van der Waals surface area contributed by atoms with Crippen molar-refractivity contribution in [2.45, 2.75) is 37.7 Å². The van der Waals surface area contributed by atoms with Crippen LogP contribution >= 0.6 is 11.3 Å². The van der Waals surface area contributed by atoms with E-state index in [1.807, 2.05) is 19.9 Å². The molecule has 7 nitrogen and oxygen atoms in total. The first-order valence-corrected chi connectivity index (χ1v) is 10.3. The molecule has 0 fully saturated rings. The number of ether oxygens (including phenoxy) is 1. The molecule has 0 unspecified atom stereocenters. The quantitative estimate of drug-likeness (QED) is 0.810. The van der Waals surface area contributed by atoms with Crippen LogP contribution in [-0.4, -0.2) is 26.3 Å². The minimum Gasteiger partial charge on any atom is -0.478 e. The van der Waals surface area contributed by atoms with Gasteiger partial charge in [0.2, 0.25) is 5.91 Å². The Morgan fingerprint density at radius 2 is 2.08 bits per heavy atom. The van der Waals surface area contributed by atoms with Crippen LogP contribution in [0, 0.1) is 6.92 Å². The summed E-state index contributed by atoms with van der Waals surface area (Å²) in [6, 6.07) is 7.76. The van der Waals surface area contributed by atoms with Gasteiger partial charge in [-0.05, 0) is 43.7 Å². The number of anilines is 1. The summed E-state index contributed by atoms with van der Waals surface area (Å²) >= 11 is 1.44. The highest BCUT2D eigenvalue weighted by Gasteiger charge is 2.28. The number of thiophene rings is 1. The third kappa shape index (κ3) is 3.88. The molecule has 0 bridgehead atoms. The molecule has 1 aliphatic rings. The molecule has 1 aromatic carbocycles. The summed E-state index contributed by atoms with van der Waals surface area (Å²) in [6.45, 7) is 3.73. The Morgan fingerprint density at radius 3 is 2.73 bits per heavy atom. The fraction of sp³-hybridized carbons (Fsp3) is 0.294. The van der Waals surface area contributed by atoms with Gasteiger partial charge in [-0.1, -0.05) is 6.92 Å². The smallest absolute Gasteiger partial charge is 0.265 e. The second-order valence-corrected chi connectivity index (χ2v) is 8.93. The SMILES string of the molecule is CC[C@@H]1Oc2ccc(S(=O)(=O)NC(=O)Cc3ccc(C)s3)cc2NC1=O. The monoisotopic (exact) mass is 394 g/mol. The maximum atomic E-state index is 12.4. The van der Waals surface area contributed by atoms with Crippen LogP contribution in [0.3, 0.4) is 0 Å². The first-order valence-electron chi connectivity index (χ1n) is 8.01. The van der Waals surface area contributed by atoms with Gasteiger partial charge in [-0.25, -0.2) is 13.1 Å². The molecule has 1 atom stereocenters. The van der Waals surface area contributed by atoms with E-state index in [9.17, 15) is 18.0 Å². The Labute approximate surface area is 155 Å². The number of hydrogen-bond acceptors (Lipinski definition) is 6. The highest BCUT2D eigenvalue weighted by atomic mass is 32.2. The summed E-state index contributed by atoms with van der Waals surface area (Å²) in [5.74, 6) is -0.543. The number of fused-ring (bicyclic) bond motifs is 1. The van der Waals surface area contributed by atoms with Crippen molar-refractivity contribution in [1.29, 1.82) is 0 Å². The molecule has 0 saturated heterocycles. The molecular formula is C17H18N2O5S2. The molecule has 0 saturated carbocycles. The molecule has 0 aliphatic carbocycles. The van der Waals surface area contributed by atoms with Gasteiger partial charge in [-0.2, -0.15) is 0 Å². The highest BCUT2D eigenvalue weighted by molar-refractivity contribution is 7.90. The molecule has 1 aliphatic heterocycles. The molecule has 2 N–H and O–H groups in total. The predicted octanol–water partition coefficient (Wildman–Crippen LogP) is 2.21. The van der Waals surface area contributed by atoms with Gasteiger partial charge in [0.25, 0.3) is 15.9 Å². The van der Waals surface area contributed by atoms with Gasteiger partial charge in [0.05, 0.1) is 17.0 Å². The van der Waals surface area contributed by atoms with Gasteiger partial charge in [0, 0.05) is 9.75 Å². The number of sulfonamides is 1. The standard InChI is InChI=1S/C17H18N2O5S2/c1-3-14-17(21)18-13-9-12(6-7-15(13)24-14)26(22,23)19-16(20)8-11-5-4-10(2)25-11/h4-7,9,14H,3,8H2,1-2H3,(H,18,21)(H,19,20)/t14-/m0/s1. The number of hydrogen-bond donors (Lipinski definition) is 2. The van der Waals surface area contributed by atoms with Crippen LogP contribution < -0.4 is 14.8 Å². The Bertz CT molecular complexity index is 965. The van der Waals surface area contributed by atoms with Gasteiger partial charge in [-0.3, -0.25) is 9.59 Å². The van der Waals surface area contributed by atoms with Gasteiger partial charge in [0.1, 0.15) is 5.75 Å². The fourth-order valence-corrected chi connectivity index (χ4v) is 4.45. The van der Waals surface area contributed by atoms with Crippen molar-refractivity contribution in [1.82, 2.24) is 4.72 Å². The Morgan fingerprint density at radius 1 is 1.31 bits per heavy atom. The van der Waals surface area contributed by atoms with Crippen molar-refractivity contribution in [3.05, 3.63) is 40.1 Å². The number of carbonyl (C=O) groups excluding carboxylic acids is 2. The third-order valence-corrected chi connectivity index (χ3v) is 6.20. The molecule has 26 heavy (non-hydrogen) atoms. The number of carbonyl (C=O) groups is 2. The lowest BCUT2D eigenvalue weighted by molar-refractivity contribution is -0.123. The van der Waals surface area contributed by atoms with Crippen LogP contribution in [0.5, 0.6) is 5.75 Å². The molecule has 0 spiro atoms. The maximum absolute atomic E-state index is 12.4. The van der Waals surface area contributed by atoms with Crippen LogP contribution in [0.15, 0.2) is 35.2 Å². The Balaban J connectivity index is 1.76. The van der Waals surface area contributed by atoms with Crippen LogP contribution in [0.4, 0.5) is 5.69 Å². The van der Waals surface area contributed by atoms with Crippen molar-refractivity contribution in [2.24, 2.45) is 0 Å². The Kier molecular flexibility index (Phi) is 5.01. The summed E-state index contributed by atoms with van der Waals surface area (Å²) in [6.07, 6.45) is -0.108. The van der Waals surface area contributed by atoms with E-state index in [1.54, 1.807) is 6.07 Å². The predicted molar refractivity (Wildman–Crippen MR) is 97.9 cm³/mol. The third-order valence-electron chi connectivity index (χ3n) is 3.83. The molecule has 3 rings (SSSR count). The number of amides is 2. The normalized spacial score (nSPS) is 16.4. The largest absolute Gasteiger partial charge is 0.478 e. The zero-order chi connectivity index (χ0) is 18.9. The van der Waals surface area contributed by atoms with E-state index < -0.39 is 22.0 Å². The lowest BCUT2D eigenvalue weighted by atomic mass is 10.2. The number of aryl methyl sites for hydroxylation is 1. The van der Waals surface area contributed by atoms with Crippen molar-refractivity contribution < 1.29 is 22.7 Å². The molecule has 138 valence electrons. The molecule has 9 heteroatoms. The molecule has 2 amide bonds. The molecule has 2 aromatic rings.